The van der Waals surface area contributed by atoms with Crippen LogP contribution in [0, 0.1) is 5.92 Å². The largest absolute Gasteiger partial charge is 0.368 e. The van der Waals surface area contributed by atoms with E-state index in [1.54, 1.807) is 11.3 Å². The van der Waals surface area contributed by atoms with Crippen molar-refractivity contribution in [2.75, 3.05) is 6.54 Å². The molecule has 0 saturated heterocycles. The normalized spacial score (nSPS) is 12.5. The third-order valence-electron chi connectivity index (χ3n) is 3.07. The van der Waals surface area contributed by atoms with Crippen LogP contribution in [-0.4, -0.2) is 33.9 Å². The van der Waals surface area contributed by atoms with Gasteiger partial charge in [-0.2, -0.15) is 0 Å². The zero-order valence-electron chi connectivity index (χ0n) is 12.0. The predicted octanol–water partition coefficient (Wildman–Crippen LogP) is 0.747. The highest BCUT2D eigenvalue weighted by molar-refractivity contribution is 7.15. The maximum absolute atomic E-state index is 11.7. The highest BCUT2D eigenvalue weighted by atomic mass is 32.1. The zero-order chi connectivity index (χ0) is 15.4. The minimum atomic E-state index is -0.664. The standard InChI is InChI=1S/C13H19N5O2S/c1-8(2)10(11(14)19)17-12(20)15-4-3-9-7-18-5-6-21-13(18)16-9/h5-8,10H,3-4H2,1-2H3,(H2,14,19)(H2,15,17,20)/t10-/m0/s1. The van der Waals surface area contributed by atoms with E-state index in [0.29, 0.717) is 13.0 Å². The minimum Gasteiger partial charge on any atom is -0.368 e. The summed E-state index contributed by atoms with van der Waals surface area (Å²) in [6.07, 6.45) is 4.51. The van der Waals surface area contributed by atoms with Gasteiger partial charge in [0.25, 0.3) is 0 Å². The molecule has 3 amide bonds. The first-order valence-electron chi connectivity index (χ1n) is 6.72. The smallest absolute Gasteiger partial charge is 0.315 e. The fraction of sp³-hybridized carbons (Fsp3) is 0.462. The van der Waals surface area contributed by atoms with E-state index in [2.05, 4.69) is 15.6 Å². The van der Waals surface area contributed by atoms with Crippen molar-refractivity contribution in [1.82, 2.24) is 20.0 Å². The van der Waals surface area contributed by atoms with Gasteiger partial charge in [-0.25, -0.2) is 9.78 Å². The molecule has 2 aromatic rings. The van der Waals surface area contributed by atoms with Crippen LogP contribution < -0.4 is 16.4 Å². The van der Waals surface area contributed by atoms with Gasteiger partial charge in [-0.3, -0.25) is 9.20 Å². The Morgan fingerprint density at radius 3 is 2.86 bits per heavy atom. The van der Waals surface area contributed by atoms with Gasteiger partial charge in [-0.15, -0.1) is 11.3 Å². The average Bonchev–Trinajstić information content (AvgIpc) is 2.96. The monoisotopic (exact) mass is 309 g/mol. The maximum Gasteiger partial charge on any atom is 0.315 e. The first-order valence-corrected chi connectivity index (χ1v) is 7.60. The van der Waals surface area contributed by atoms with Gasteiger partial charge < -0.3 is 16.4 Å². The summed E-state index contributed by atoms with van der Waals surface area (Å²) >= 11 is 1.56. The highest BCUT2D eigenvalue weighted by Crippen LogP contribution is 2.11. The Labute approximate surface area is 126 Å². The van der Waals surface area contributed by atoms with Gasteiger partial charge in [-0.1, -0.05) is 13.8 Å². The van der Waals surface area contributed by atoms with Crippen molar-refractivity contribution in [3.8, 4) is 0 Å². The van der Waals surface area contributed by atoms with Crippen LogP contribution in [0.15, 0.2) is 17.8 Å². The van der Waals surface area contributed by atoms with Crippen LogP contribution in [0.25, 0.3) is 4.96 Å². The molecule has 1 atom stereocenters. The van der Waals surface area contributed by atoms with Crippen molar-refractivity contribution in [2.24, 2.45) is 11.7 Å². The molecule has 2 rings (SSSR count). The first-order chi connectivity index (χ1) is 9.97. The van der Waals surface area contributed by atoms with Crippen LogP contribution in [-0.2, 0) is 11.2 Å². The van der Waals surface area contributed by atoms with E-state index in [1.165, 1.54) is 0 Å². The van der Waals surface area contributed by atoms with E-state index < -0.39 is 18.0 Å². The molecule has 2 aromatic heterocycles. The number of fused-ring (bicyclic) bond motifs is 1. The lowest BCUT2D eigenvalue weighted by atomic mass is 10.0. The van der Waals surface area contributed by atoms with E-state index >= 15 is 0 Å². The van der Waals surface area contributed by atoms with E-state index in [0.717, 1.165) is 10.7 Å². The molecule has 21 heavy (non-hydrogen) atoms. The molecule has 0 bridgehead atoms. The Morgan fingerprint density at radius 2 is 2.24 bits per heavy atom. The van der Waals surface area contributed by atoms with Crippen molar-refractivity contribution >= 4 is 28.2 Å². The number of urea groups is 1. The second-order valence-corrected chi connectivity index (χ2v) is 5.97. The van der Waals surface area contributed by atoms with Gasteiger partial charge in [0, 0.05) is 30.7 Å². The van der Waals surface area contributed by atoms with Crippen LogP contribution in [0.5, 0.6) is 0 Å². The summed E-state index contributed by atoms with van der Waals surface area (Å²) in [6.45, 7) is 4.10. The molecule has 4 N–H and O–H groups in total. The Hall–Kier alpha value is -2.09. The third kappa shape index (κ3) is 3.94. The lowest BCUT2D eigenvalue weighted by molar-refractivity contribution is -0.120. The molecule has 0 spiro atoms. The number of nitrogens with zero attached hydrogens (tertiary/aromatic N) is 2. The van der Waals surface area contributed by atoms with Gasteiger partial charge in [0.05, 0.1) is 5.69 Å². The molecular formula is C13H19N5O2S. The summed E-state index contributed by atoms with van der Waals surface area (Å²) in [5.41, 5.74) is 6.16. The summed E-state index contributed by atoms with van der Waals surface area (Å²) < 4.78 is 1.95. The molecule has 8 heteroatoms. The van der Waals surface area contributed by atoms with Gasteiger partial charge in [0.15, 0.2) is 4.96 Å². The molecule has 7 nitrogen and oxygen atoms in total. The number of amides is 3. The number of carbonyl (C=O) groups is 2. The molecule has 0 aliphatic rings. The van der Waals surface area contributed by atoms with Gasteiger partial charge >= 0.3 is 6.03 Å². The molecule has 0 radical (unpaired) electrons. The van der Waals surface area contributed by atoms with Crippen LogP contribution in [0.1, 0.15) is 19.5 Å². The number of thiazole rings is 1. The number of carbonyl (C=O) groups excluding carboxylic acids is 2. The van der Waals surface area contributed by atoms with Crippen LogP contribution in [0.3, 0.4) is 0 Å². The number of nitrogens with one attached hydrogen (secondary N) is 2. The second kappa shape index (κ2) is 6.57. The topological polar surface area (TPSA) is 102 Å². The van der Waals surface area contributed by atoms with Crippen molar-refractivity contribution in [1.29, 1.82) is 0 Å². The third-order valence-corrected chi connectivity index (χ3v) is 3.84. The fourth-order valence-corrected chi connectivity index (χ4v) is 2.68. The minimum absolute atomic E-state index is 0.0480. The van der Waals surface area contributed by atoms with Gasteiger partial charge in [0.2, 0.25) is 5.91 Å². The molecular weight excluding hydrogens is 290 g/mol. The predicted molar refractivity (Wildman–Crippen MR) is 81.1 cm³/mol. The highest BCUT2D eigenvalue weighted by Gasteiger charge is 2.21. The van der Waals surface area contributed by atoms with Gasteiger partial charge in [-0.05, 0) is 5.92 Å². The van der Waals surface area contributed by atoms with Crippen LogP contribution in [0.4, 0.5) is 4.79 Å². The van der Waals surface area contributed by atoms with Crippen molar-refractivity contribution in [3.63, 3.8) is 0 Å². The van der Waals surface area contributed by atoms with Crippen LogP contribution >= 0.6 is 11.3 Å². The molecule has 0 aromatic carbocycles. The Morgan fingerprint density at radius 1 is 1.48 bits per heavy atom. The van der Waals surface area contributed by atoms with E-state index in [1.807, 2.05) is 36.0 Å². The number of rotatable bonds is 6. The zero-order valence-corrected chi connectivity index (χ0v) is 12.8. The molecule has 0 fully saturated rings. The molecule has 0 saturated carbocycles. The molecule has 0 aliphatic heterocycles. The van der Waals surface area contributed by atoms with Crippen LogP contribution in [0.2, 0.25) is 0 Å². The van der Waals surface area contributed by atoms with E-state index in [4.69, 9.17) is 5.73 Å². The molecule has 0 aliphatic carbocycles. The lowest BCUT2D eigenvalue weighted by Crippen LogP contribution is -2.51. The average molecular weight is 309 g/mol. The quantitative estimate of drug-likeness (QED) is 0.733. The lowest BCUT2D eigenvalue weighted by Gasteiger charge is -2.19. The number of imidazole rings is 1. The Bertz CT molecular complexity index is 605. The van der Waals surface area contributed by atoms with Crippen molar-refractivity contribution in [2.45, 2.75) is 26.3 Å². The molecule has 0 unspecified atom stereocenters. The second-order valence-electron chi connectivity index (χ2n) is 5.10. The molecule has 114 valence electrons. The Kier molecular flexibility index (Phi) is 4.79. The fourth-order valence-electron chi connectivity index (χ4n) is 1.96. The van der Waals surface area contributed by atoms with Crippen molar-refractivity contribution < 1.29 is 9.59 Å². The number of aromatic nitrogens is 2. The SMILES string of the molecule is CC(C)[C@H](NC(=O)NCCc1cn2ccsc2n1)C(N)=O. The number of hydrogen-bond donors (Lipinski definition) is 3. The number of hydrogen-bond acceptors (Lipinski definition) is 4. The summed E-state index contributed by atoms with van der Waals surface area (Å²) in [5, 5.41) is 7.25. The summed E-state index contributed by atoms with van der Waals surface area (Å²) in [7, 11) is 0. The summed E-state index contributed by atoms with van der Waals surface area (Å²) in [6, 6.07) is -1.06. The first kappa shape index (κ1) is 15.3. The van der Waals surface area contributed by atoms with E-state index in [-0.39, 0.29) is 5.92 Å². The van der Waals surface area contributed by atoms with E-state index in [9.17, 15) is 9.59 Å². The Balaban J connectivity index is 1.78. The van der Waals surface area contributed by atoms with Gasteiger partial charge in [0.1, 0.15) is 6.04 Å². The maximum atomic E-state index is 11.7. The molecule has 2 heterocycles. The summed E-state index contributed by atoms with van der Waals surface area (Å²) in [4.78, 5) is 28.3. The number of nitrogens with two attached hydrogens (primary N) is 1. The number of primary amides is 1. The summed E-state index contributed by atoms with van der Waals surface area (Å²) in [5.74, 6) is -0.581. The van der Waals surface area contributed by atoms with Crippen molar-refractivity contribution in [3.05, 3.63) is 23.5 Å².